The second kappa shape index (κ2) is 8.01. The molecule has 0 atom stereocenters. The molecule has 5 nitrogen and oxygen atoms in total. The van der Waals surface area contributed by atoms with E-state index in [1.54, 1.807) is 0 Å². The van der Waals surface area contributed by atoms with Crippen molar-refractivity contribution in [3.8, 4) is 0 Å². The number of carbonyl (C=O) groups is 1. The number of furan rings is 1. The number of fused-ring (bicyclic) bond motifs is 1. The quantitative estimate of drug-likeness (QED) is 0.695. The molecule has 5 heteroatoms. The number of rotatable bonds is 5. The van der Waals surface area contributed by atoms with E-state index in [1.807, 2.05) is 23.2 Å². The van der Waals surface area contributed by atoms with Gasteiger partial charge in [0.1, 0.15) is 18.1 Å². The van der Waals surface area contributed by atoms with Gasteiger partial charge >= 0.3 is 0 Å². The zero-order valence-corrected chi connectivity index (χ0v) is 15.9. The van der Waals surface area contributed by atoms with E-state index in [4.69, 9.17) is 4.42 Å². The minimum absolute atomic E-state index is 0.199. The molecule has 0 saturated carbocycles. The van der Waals surface area contributed by atoms with Crippen molar-refractivity contribution in [2.24, 2.45) is 0 Å². The number of para-hydroxylation sites is 1. The molecule has 3 aromatic rings. The van der Waals surface area contributed by atoms with Crippen LogP contribution in [0.1, 0.15) is 24.9 Å². The molecule has 0 spiro atoms. The Morgan fingerprint density at radius 3 is 2.70 bits per heavy atom. The summed E-state index contributed by atoms with van der Waals surface area (Å²) in [4.78, 5) is 17.2. The highest BCUT2D eigenvalue weighted by Crippen LogP contribution is 2.16. The van der Waals surface area contributed by atoms with Crippen molar-refractivity contribution in [2.45, 2.75) is 32.9 Å². The van der Waals surface area contributed by atoms with Crippen LogP contribution in [-0.2, 0) is 24.3 Å². The number of nitrogens with zero attached hydrogens (tertiary/aromatic N) is 3. The van der Waals surface area contributed by atoms with Crippen LogP contribution in [0.2, 0.25) is 0 Å². The van der Waals surface area contributed by atoms with E-state index in [0.29, 0.717) is 6.54 Å². The van der Waals surface area contributed by atoms with Crippen molar-refractivity contribution >= 4 is 16.8 Å². The van der Waals surface area contributed by atoms with Crippen molar-refractivity contribution in [3.05, 3.63) is 60.2 Å². The normalized spacial score (nSPS) is 16.0. The zero-order valence-electron chi connectivity index (χ0n) is 15.9. The third kappa shape index (κ3) is 4.08. The largest absolute Gasteiger partial charge is 0.465 e. The second-order valence-electron chi connectivity index (χ2n) is 7.23. The van der Waals surface area contributed by atoms with Crippen LogP contribution in [0.25, 0.3) is 10.9 Å². The lowest BCUT2D eigenvalue weighted by molar-refractivity contribution is -0.131. The monoisotopic (exact) mass is 365 g/mol. The van der Waals surface area contributed by atoms with Gasteiger partial charge in [-0.1, -0.05) is 25.1 Å². The van der Waals surface area contributed by atoms with Gasteiger partial charge in [0.15, 0.2) is 0 Å². The molecule has 4 rings (SSSR count). The van der Waals surface area contributed by atoms with Crippen LogP contribution in [0.5, 0.6) is 0 Å². The molecule has 0 bridgehead atoms. The third-order valence-corrected chi connectivity index (χ3v) is 5.37. The molecule has 0 aliphatic carbocycles. The van der Waals surface area contributed by atoms with E-state index >= 15 is 0 Å². The van der Waals surface area contributed by atoms with Crippen molar-refractivity contribution in [2.75, 3.05) is 26.2 Å². The van der Waals surface area contributed by atoms with Crippen molar-refractivity contribution < 1.29 is 9.21 Å². The van der Waals surface area contributed by atoms with Gasteiger partial charge in [0.2, 0.25) is 5.91 Å². The Kier molecular flexibility index (Phi) is 5.30. The number of benzene rings is 1. The van der Waals surface area contributed by atoms with Crippen molar-refractivity contribution in [1.82, 2.24) is 14.4 Å². The number of carbonyl (C=O) groups excluding carboxylic acids is 1. The van der Waals surface area contributed by atoms with Gasteiger partial charge < -0.3 is 13.9 Å². The number of hydrogen-bond acceptors (Lipinski definition) is 3. The summed E-state index contributed by atoms with van der Waals surface area (Å²) >= 11 is 0. The predicted molar refractivity (Wildman–Crippen MR) is 106 cm³/mol. The molecular formula is C22H27N3O2. The van der Waals surface area contributed by atoms with Crippen LogP contribution < -0.4 is 0 Å². The fraction of sp³-hybridized carbons (Fsp3) is 0.409. The standard InChI is InChI=1S/C22H27N3O2/c1-2-19-8-9-20(27-19)16-23-11-5-12-24(15-14-23)22(26)17-25-13-10-18-6-3-4-7-21(18)25/h3-4,6-10,13H,2,5,11-12,14-17H2,1H3. The molecule has 2 aromatic heterocycles. The average molecular weight is 365 g/mol. The van der Waals surface area contributed by atoms with Crippen LogP contribution >= 0.6 is 0 Å². The summed E-state index contributed by atoms with van der Waals surface area (Å²) in [6, 6.07) is 14.4. The fourth-order valence-corrected chi connectivity index (χ4v) is 3.82. The van der Waals surface area contributed by atoms with Gasteiger partial charge in [-0.15, -0.1) is 0 Å². The Morgan fingerprint density at radius 1 is 1.00 bits per heavy atom. The lowest BCUT2D eigenvalue weighted by atomic mass is 10.2. The van der Waals surface area contributed by atoms with Gasteiger partial charge in [0.05, 0.1) is 6.54 Å². The number of aryl methyl sites for hydroxylation is 1. The lowest BCUT2D eigenvalue weighted by Crippen LogP contribution is -2.37. The Hall–Kier alpha value is -2.53. The third-order valence-electron chi connectivity index (χ3n) is 5.37. The van der Waals surface area contributed by atoms with Gasteiger partial charge in [0, 0.05) is 44.3 Å². The number of hydrogen-bond donors (Lipinski definition) is 0. The molecule has 1 aromatic carbocycles. The van der Waals surface area contributed by atoms with Gasteiger partial charge in [0.25, 0.3) is 0 Å². The smallest absolute Gasteiger partial charge is 0.242 e. The Bertz CT molecular complexity index is 911. The van der Waals surface area contributed by atoms with E-state index in [1.165, 1.54) is 5.39 Å². The minimum atomic E-state index is 0.199. The molecule has 27 heavy (non-hydrogen) atoms. The first-order valence-electron chi connectivity index (χ1n) is 9.84. The molecule has 1 aliphatic rings. The van der Waals surface area contributed by atoms with Crippen LogP contribution in [0.4, 0.5) is 0 Å². The maximum absolute atomic E-state index is 12.8. The molecule has 1 aliphatic heterocycles. The predicted octanol–water partition coefficient (Wildman–Crippen LogP) is 3.53. The highest BCUT2D eigenvalue weighted by Gasteiger charge is 2.20. The summed E-state index contributed by atoms with van der Waals surface area (Å²) < 4.78 is 7.89. The van der Waals surface area contributed by atoms with Gasteiger partial charge in [-0.2, -0.15) is 0 Å². The first kappa shape index (κ1) is 17.9. The van der Waals surface area contributed by atoms with Gasteiger partial charge in [-0.3, -0.25) is 9.69 Å². The SMILES string of the molecule is CCc1ccc(CN2CCCN(C(=O)Cn3ccc4ccccc43)CC2)o1. The van der Waals surface area contributed by atoms with Gasteiger partial charge in [-0.25, -0.2) is 0 Å². The molecular weight excluding hydrogens is 338 g/mol. The summed E-state index contributed by atoms with van der Waals surface area (Å²) in [5, 5.41) is 1.18. The molecule has 0 N–H and O–H groups in total. The van der Waals surface area contributed by atoms with Crippen LogP contribution in [-0.4, -0.2) is 46.5 Å². The Labute approximate surface area is 160 Å². The number of amides is 1. The molecule has 3 heterocycles. The van der Waals surface area contributed by atoms with Gasteiger partial charge in [-0.05, 0) is 36.1 Å². The fourth-order valence-electron chi connectivity index (χ4n) is 3.82. The summed E-state index contributed by atoms with van der Waals surface area (Å²) in [5.41, 5.74) is 1.12. The van der Waals surface area contributed by atoms with E-state index in [0.717, 1.165) is 62.6 Å². The number of aromatic nitrogens is 1. The average Bonchev–Trinajstić information content (AvgIpc) is 3.23. The van der Waals surface area contributed by atoms with Crippen LogP contribution in [0.3, 0.4) is 0 Å². The maximum atomic E-state index is 12.8. The molecule has 0 unspecified atom stereocenters. The minimum Gasteiger partial charge on any atom is -0.465 e. The zero-order chi connectivity index (χ0) is 18.6. The van der Waals surface area contributed by atoms with E-state index in [2.05, 4.69) is 46.7 Å². The highest BCUT2D eigenvalue weighted by molar-refractivity contribution is 5.83. The Morgan fingerprint density at radius 2 is 1.85 bits per heavy atom. The Balaban J connectivity index is 1.35. The van der Waals surface area contributed by atoms with E-state index < -0.39 is 0 Å². The van der Waals surface area contributed by atoms with Crippen molar-refractivity contribution in [1.29, 1.82) is 0 Å². The first-order valence-corrected chi connectivity index (χ1v) is 9.84. The highest BCUT2D eigenvalue weighted by atomic mass is 16.3. The summed E-state index contributed by atoms with van der Waals surface area (Å²) in [6.45, 7) is 6.83. The van der Waals surface area contributed by atoms with E-state index in [-0.39, 0.29) is 5.91 Å². The molecule has 1 fully saturated rings. The molecule has 1 saturated heterocycles. The summed E-state index contributed by atoms with van der Waals surface area (Å²) in [7, 11) is 0. The maximum Gasteiger partial charge on any atom is 0.242 e. The lowest BCUT2D eigenvalue weighted by Gasteiger charge is -2.22. The summed E-state index contributed by atoms with van der Waals surface area (Å²) in [5.74, 6) is 2.26. The first-order chi connectivity index (χ1) is 13.2. The van der Waals surface area contributed by atoms with Crippen molar-refractivity contribution in [3.63, 3.8) is 0 Å². The van der Waals surface area contributed by atoms with E-state index in [9.17, 15) is 4.79 Å². The molecule has 1 amide bonds. The topological polar surface area (TPSA) is 41.6 Å². The van der Waals surface area contributed by atoms with Crippen LogP contribution in [0, 0.1) is 0 Å². The molecule has 142 valence electrons. The summed E-state index contributed by atoms with van der Waals surface area (Å²) in [6.07, 6.45) is 3.94. The van der Waals surface area contributed by atoms with Crippen LogP contribution in [0.15, 0.2) is 53.1 Å². The second-order valence-corrected chi connectivity index (χ2v) is 7.23. The molecule has 0 radical (unpaired) electrons.